The van der Waals surface area contributed by atoms with Gasteiger partial charge in [-0.1, -0.05) is 12.1 Å². The summed E-state index contributed by atoms with van der Waals surface area (Å²) in [7, 11) is 3.78. The lowest BCUT2D eigenvalue weighted by molar-refractivity contribution is 0.0990. The fourth-order valence-corrected chi connectivity index (χ4v) is 2.11. The minimum absolute atomic E-state index is 0.352. The van der Waals surface area contributed by atoms with Crippen LogP contribution in [-0.4, -0.2) is 50.8 Å². The Kier molecular flexibility index (Phi) is 4.27. The standard InChI is InChI=1S/C14H22N4O/c1-11-10-19-9-8-18(11)13-7-5-4-6-12(13)16-14(15)17(2)3/h4-7,11H,8-10H2,1-3H3,(H2,15,16). The molecule has 0 bridgehead atoms. The van der Waals surface area contributed by atoms with Crippen molar-refractivity contribution in [2.24, 2.45) is 10.7 Å². The number of morpholine rings is 1. The van der Waals surface area contributed by atoms with Crippen molar-refractivity contribution in [2.45, 2.75) is 13.0 Å². The zero-order valence-corrected chi connectivity index (χ0v) is 11.8. The molecule has 2 rings (SSSR count). The first-order chi connectivity index (χ1) is 9.09. The third kappa shape index (κ3) is 3.17. The van der Waals surface area contributed by atoms with Crippen LogP contribution >= 0.6 is 0 Å². The minimum atomic E-state index is 0.352. The molecule has 19 heavy (non-hydrogen) atoms. The fraction of sp³-hybridized carbons (Fsp3) is 0.500. The lowest BCUT2D eigenvalue weighted by Crippen LogP contribution is -2.43. The average molecular weight is 262 g/mol. The molecule has 1 aromatic rings. The van der Waals surface area contributed by atoms with Crippen LogP contribution in [0.4, 0.5) is 11.4 Å². The van der Waals surface area contributed by atoms with E-state index in [0.717, 1.165) is 31.1 Å². The third-order valence-electron chi connectivity index (χ3n) is 3.25. The molecule has 2 N–H and O–H groups in total. The van der Waals surface area contributed by atoms with Crippen molar-refractivity contribution in [3.05, 3.63) is 24.3 Å². The van der Waals surface area contributed by atoms with Crippen LogP contribution < -0.4 is 10.6 Å². The smallest absolute Gasteiger partial charge is 0.196 e. The Morgan fingerprint density at radius 2 is 2.16 bits per heavy atom. The molecule has 1 aliphatic rings. The van der Waals surface area contributed by atoms with Crippen LogP contribution in [0.5, 0.6) is 0 Å². The minimum Gasteiger partial charge on any atom is -0.377 e. The fourth-order valence-electron chi connectivity index (χ4n) is 2.11. The second kappa shape index (κ2) is 5.93. The number of hydrogen-bond acceptors (Lipinski definition) is 3. The Hall–Kier alpha value is -1.75. The summed E-state index contributed by atoms with van der Waals surface area (Å²) < 4.78 is 5.48. The predicted octanol–water partition coefficient (Wildman–Crippen LogP) is 1.42. The molecule has 1 fully saturated rings. The summed E-state index contributed by atoms with van der Waals surface area (Å²) in [5, 5.41) is 0. The Bertz CT molecular complexity index is 459. The largest absolute Gasteiger partial charge is 0.377 e. The lowest BCUT2D eigenvalue weighted by atomic mass is 10.2. The first kappa shape index (κ1) is 13.7. The van der Waals surface area contributed by atoms with Gasteiger partial charge in [0, 0.05) is 26.7 Å². The third-order valence-corrected chi connectivity index (χ3v) is 3.25. The lowest BCUT2D eigenvalue weighted by Gasteiger charge is -2.35. The molecule has 1 aromatic carbocycles. The van der Waals surface area contributed by atoms with Crippen molar-refractivity contribution in [2.75, 3.05) is 38.8 Å². The molecule has 0 spiro atoms. The van der Waals surface area contributed by atoms with Crippen LogP contribution in [0.3, 0.4) is 0 Å². The summed E-state index contributed by atoms with van der Waals surface area (Å²) in [5.74, 6) is 0.508. The van der Waals surface area contributed by atoms with E-state index in [4.69, 9.17) is 10.5 Å². The summed E-state index contributed by atoms with van der Waals surface area (Å²) in [6.07, 6.45) is 0. The zero-order valence-electron chi connectivity index (χ0n) is 11.8. The number of guanidine groups is 1. The number of aliphatic imine (C=N–C) groups is 1. The number of hydrogen-bond donors (Lipinski definition) is 1. The van der Waals surface area contributed by atoms with E-state index < -0.39 is 0 Å². The monoisotopic (exact) mass is 262 g/mol. The van der Waals surface area contributed by atoms with Gasteiger partial charge in [0.25, 0.3) is 0 Å². The summed E-state index contributed by atoms with van der Waals surface area (Å²) in [6, 6.07) is 8.45. The van der Waals surface area contributed by atoms with Gasteiger partial charge in [-0.3, -0.25) is 0 Å². The number of nitrogens with two attached hydrogens (primary N) is 1. The molecular weight excluding hydrogens is 240 g/mol. The predicted molar refractivity (Wildman–Crippen MR) is 79.0 cm³/mol. The molecule has 1 saturated heterocycles. The first-order valence-electron chi connectivity index (χ1n) is 6.54. The summed E-state index contributed by atoms with van der Waals surface area (Å²) in [4.78, 5) is 8.64. The van der Waals surface area contributed by atoms with E-state index in [9.17, 15) is 0 Å². The first-order valence-corrected chi connectivity index (χ1v) is 6.54. The molecule has 1 heterocycles. The van der Waals surface area contributed by atoms with Crippen molar-refractivity contribution in [3.63, 3.8) is 0 Å². The highest BCUT2D eigenvalue weighted by Crippen LogP contribution is 2.30. The molecular formula is C14H22N4O. The molecule has 5 nitrogen and oxygen atoms in total. The Balaban J connectivity index is 2.33. The van der Waals surface area contributed by atoms with Crippen molar-refractivity contribution in [3.8, 4) is 0 Å². The number of anilines is 1. The van der Waals surface area contributed by atoms with E-state index in [1.807, 2.05) is 32.3 Å². The van der Waals surface area contributed by atoms with Gasteiger partial charge in [0.1, 0.15) is 0 Å². The molecule has 1 aliphatic heterocycles. The summed E-state index contributed by atoms with van der Waals surface area (Å²) in [6.45, 7) is 4.55. The van der Waals surface area contributed by atoms with Gasteiger partial charge in [-0.2, -0.15) is 0 Å². The quantitative estimate of drug-likeness (QED) is 0.647. The van der Waals surface area contributed by atoms with Crippen molar-refractivity contribution in [1.82, 2.24) is 4.90 Å². The maximum Gasteiger partial charge on any atom is 0.196 e. The van der Waals surface area contributed by atoms with Crippen LogP contribution in [-0.2, 0) is 4.74 Å². The number of para-hydroxylation sites is 2. The number of nitrogens with zero attached hydrogens (tertiary/aromatic N) is 3. The van der Waals surface area contributed by atoms with E-state index in [1.165, 1.54) is 0 Å². The van der Waals surface area contributed by atoms with Gasteiger partial charge in [0.15, 0.2) is 5.96 Å². The highest BCUT2D eigenvalue weighted by molar-refractivity contribution is 5.83. The molecule has 1 atom stereocenters. The van der Waals surface area contributed by atoms with Crippen LogP contribution in [0.1, 0.15) is 6.92 Å². The zero-order chi connectivity index (χ0) is 13.8. The van der Waals surface area contributed by atoms with E-state index in [2.05, 4.69) is 22.9 Å². The molecule has 0 saturated carbocycles. The Morgan fingerprint density at radius 3 is 2.84 bits per heavy atom. The van der Waals surface area contributed by atoms with E-state index in [1.54, 1.807) is 4.90 Å². The molecule has 5 heteroatoms. The number of rotatable bonds is 2. The maximum absolute atomic E-state index is 5.91. The second-order valence-electron chi connectivity index (χ2n) is 4.97. The van der Waals surface area contributed by atoms with Crippen LogP contribution in [0.25, 0.3) is 0 Å². The van der Waals surface area contributed by atoms with E-state index in [0.29, 0.717) is 12.0 Å². The molecule has 0 aromatic heterocycles. The summed E-state index contributed by atoms with van der Waals surface area (Å²) in [5.41, 5.74) is 7.93. The van der Waals surface area contributed by atoms with Gasteiger partial charge in [-0.25, -0.2) is 4.99 Å². The highest BCUT2D eigenvalue weighted by Gasteiger charge is 2.21. The van der Waals surface area contributed by atoms with Crippen molar-refractivity contribution in [1.29, 1.82) is 0 Å². The van der Waals surface area contributed by atoms with E-state index in [-0.39, 0.29) is 0 Å². The van der Waals surface area contributed by atoms with Gasteiger partial charge in [-0.05, 0) is 19.1 Å². The molecule has 104 valence electrons. The topological polar surface area (TPSA) is 54.1 Å². The highest BCUT2D eigenvalue weighted by atomic mass is 16.5. The van der Waals surface area contributed by atoms with Crippen molar-refractivity contribution >= 4 is 17.3 Å². The molecule has 1 unspecified atom stereocenters. The van der Waals surface area contributed by atoms with Gasteiger partial charge in [0.2, 0.25) is 0 Å². The molecule has 0 aliphatic carbocycles. The number of benzene rings is 1. The van der Waals surface area contributed by atoms with Crippen molar-refractivity contribution < 1.29 is 4.74 Å². The van der Waals surface area contributed by atoms with Crippen LogP contribution in [0, 0.1) is 0 Å². The van der Waals surface area contributed by atoms with Gasteiger partial charge >= 0.3 is 0 Å². The normalized spacial score (nSPS) is 20.5. The van der Waals surface area contributed by atoms with Gasteiger partial charge in [-0.15, -0.1) is 0 Å². The number of ether oxygens (including phenoxy) is 1. The molecule has 0 radical (unpaired) electrons. The Labute approximate surface area is 114 Å². The summed E-state index contributed by atoms with van der Waals surface area (Å²) >= 11 is 0. The maximum atomic E-state index is 5.91. The second-order valence-corrected chi connectivity index (χ2v) is 4.97. The molecule has 0 amide bonds. The average Bonchev–Trinajstić information content (AvgIpc) is 2.40. The Morgan fingerprint density at radius 1 is 1.42 bits per heavy atom. The van der Waals surface area contributed by atoms with E-state index >= 15 is 0 Å². The SMILES string of the molecule is CC1COCCN1c1ccccc1N=C(N)N(C)C. The van der Waals surface area contributed by atoms with Crippen LogP contribution in [0.2, 0.25) is 0 Å². The van der Waals surface area contributed by atoms with Crippen LogP contribution in [0.15, 0.2) is 29.3 Å². The van der Waals surface area contributed by atoms with Gasteiger partial charge in [0.05, 0.1) is 24.6 Å². The van der Waals surface area contributed by atoms with Gasteiger partial charge < -0.3 is 20.3 Å².